The monoisotopic (exact) mass is 390 g/mol. The first-order valence-electron chi connectivity index (χ1n) is 9.01. The van der Waals surface area contributed by atoms with Crippen molar-refractivity contribution in [2.75, 3.05) is 11.9 Å². The molecule has 8 nitrogen and oxygen atoms in total. The van der Waals surface area contributed by atoms with E-state index >= 15 is 0 Å². The van der Waals surface area contributed by atoms with Crippen LogP contribution < -0.4 is 10.7 Å². The van der Waals surface area contributed by atoms with Crippen LogP contribution in [0.1, 0.15) is 16.1 Å². The molecule has 0 unspecified atom stereocenters. The van der Waals surface area contributed by atoms with Gasteiger partial charge < -0.3 is 14.8 Å². The Morgan fingerprint density at radius 3 is 2.86 bits per heavy atom. The zero-order valence-electron chi connectivity index (χ0n) is 15.6. The number of hydrogen-bond donors (Lipinski definition) is 2. The van der Waals surface area contributed by atoms with Gasteiger partial charge in [-0.15, -0.1) is 5.10 Å². The van der Waals surface area contributed by atoms with Gasteiger partial charge in [-0.25, -0.2) is 4.68 Å². The molecule has 0 radical (unpaired) electrons. The first kappa shape index (κ1) is 18.6. The van der Waals surface area contributed by atoms with Gasteiger partial charge in [0.15, 0.2) is 11.2 Å². The molecular weight excluding hydrogens is 372 g/mol. The molecule has 2 heterocycles. The number of hydrogen-bond acceptors (Lipinski definition) is 6. The van der Waals surface area contributed by atoms with Crippen LogP contribution in [0.5, 0.6) is 0 Å². The van der Waals surface area contributed by atoms with E-state index in [1.807, 2.05) is 19.1 Å². The number of aliphatic hydroxyl groups excluding tert-OH is 1. The Morgan fingerprint density at radius 1 is 1.21 bits per heavy atom. The van der Waals surface area contributed by atoms with Crippen LogP contribution in [0.25, 0.3) is 22.2 Å². The van der Waals surface area contributed by atoms with E-state index in [2.05, 4.69) is 15.6 Å². The summed E-state index contributed by atoms with van der Waals surface area (Å²) in [6.45, 7) is 2.17. The number of nitrogens with one attached hydrogen (secondary N) is 1. The number of fused-ring (bicyclic) bond motifs is 1. The lowest BCUT2D eigenvalue weighted by molar-refractivity contribution is 0.0997. The third kappa shape index (κ3) is 3.78. The summed E-state index contributed by atoms with van der Waals surface area (Å²) in [7, 11) is 0. The number of aliphatic hydroxyl groups is 1. The average Bonchev–Trinajstić information content (AvgIpc) is 3.17. The number of rotatable bonds is 5. The Morgan fingerprint density at radius 2 is 2.03 bits per heavy atom. The molecule has 0 bridgehead atoms. The zero-order valence-corrected chi connectivity index (χ0v) is 15.6. The SMILES string of the molecule is Cc1ccc(-c2cn(CCO)nn2)c(NC(=O)c2cc(=O)c3ccccc3o2)c1. The summed E-state index contributed by atoms with van der Waals surface area (Å²) in [6.07, 6.45) is 1.69. The van der Waals surface area contributed by atoms with Crippen LogP contribution in [0, 0.1) is 6.92 Å². The fourth-order valence-corrected chi connectivity index (χ4v) is 3.02. The Bertz CT molecular complexity index is 1260. The zero-order chi connectivity index (χ0) is 20.4. The van der Waals surface area contributed by atoms with Crippen molar-refractivity contribution >= 4 is 22.6 Å². The minimum atomic E-state index is -0.539. The Balaban J connectivity index is 1.69. The first-order chi connectivity index (χ1) is 14.0. The standard InChI is InChI=1S/C21H18N4O4/c1-13-6-7-14(17-12-25(8-9-26)24-23-17)16(10-13)22-21(28)20-11-18(27)15-4-2-3-5-19(15)29-20/h2-7,10-12,26H,8-9H2,1H3,(H,22,28). The minimum absolute atomic E-state index is 0.0543. The van der Waals surface area contributed by atoms with Crippen molar-refractivity contribution in [2.45, 2.75) is 13.5 Å². The molecule has 0 aliphatic heterocycles. The van der Waals surface area contributed by atoms with E-state index in [0.717, 1.165) is 5.56 Å². The van der Waals surface area contributed by atoms with Gasteiger partial charge in [0, 0.05) is 11.6 Å². The van der Waals surface area contributed by atoms with Crippen molar-refractivity contribution in [2.24, 2.45) is 0 Å². The third-order valence-corrected chi connectivity index (χ3v) is 4.43. The molecule has 8 heteroatoms. The number of aryl methyl sites for hydroxylation is 1. The minimum Gasteiger partial charge on any atom is -0.451 e. The molecule has 0 aliphatic carbocycles. The van der Waals surface area contributed by atoms with Gasteiger partial charge >= 0.3 is 0 Å². The molecule has 0 atom stereocenters. The molecule has 2 aromatic carbocycles. The highest BCUT2D eigenvalue weighted by atomic mass is 16.3. The summed E-state index contributed by atoms with van der Waals surface area (Å²) in [5, 5.41) is 20.3. The van der Waals surface area contributed by atoms with Gasteiger partial charge in [-0.3, -0.25) is 9.59 Å². The van der Waals surface area contributed by atoms with Crippen LogP contribution in [0.3, 0.4) is 0 Å². The van der Waals surface area contributed by atoms with E-state index in [0.29, 0.717) is 34.5 Å². The van der Waals surface area contributed by atoms with Crippen LogP contribution in [0.15, 0.2) is 63.9 Å². The molecule has 29 heavy (non-hydrogen) atoms. The molecule has 0 fully saturated rings. The number of carbonyl (C=O) groups excluding carboxylic acids is 1. The molecule has 4 aromatic rings. The quantitative estimate of drug-likeness (QED) is 0.542. The molecule has 0 aliphatic rings. The summed E-state index contributed by atoms with van der Waals surface area (Å²) >= 11 is 0. The van der Waals surface area contributed by atoms with Crippen molar-refractivity contribution < 1.29 is 14.3 Å². The van der Waals surface area contributed by atoms with E-state index in [9.17, 15) is 9.59 Å². The van der Waals surface area contributed by atoms with Crippen molar-refractivity contribution in [1.82, 2.24) is 15.0 Å². The number of para-hydroxylation sites is 1. The van der Waals surface area contributed by atoms with Gasteiger partial charge in [-0.1, -0.05) is 29.5 Å². The van der Waals surface area contributed by atoms with E-state index in [1.54, 1.807) is 36.5 Å². The summed E-state index contributed by atoms with van der Waals surface area (Å²) in [5.41, 5.74) is 2.73. The van der Waals surface area contributed by atoms with Crippen molar-refractivity contribution in [3.8, 4) is 11.3 Å². The highest BCUT2D eigenvalue weighted by Gasteiger charge is 2.16. The third-order valence-electron chi connectivity index (χ3n) is 4.43. The summed E-state index contributed by atoms with van der Waals surface area (Å²) in [6, 6.07) is 13.5. The predicted octanol–water partition coefficient (Wildman–Crippen LogP) is 2.60. The Hall–Kier alpha value is -3.78. The van der Waals surface area contributed by atoms with Crippen molar-refractivity contribution in [3.63, 3.8) is 0 Å². The summed E-state index contributed by atoms with van der Waals surface area (Å²) in [5.74, 6) is -0.618. The number of nitrogens with zero attached hydrogens (tertiary/aromatic N) is 3. The fourth-order valence-electron chi connectivity index (χ4n) is 3.02. The van der Waals surface area contributed by atoms with Crippen LogP contribution >= 0.6 is 0 Å². The van der Waals surface area contributed by atoms with E-state index in [-0.39, 0.29) is 17.8 Å². The summed E-state index contributed by atoms with van der Waals surface area (Å²) in [4.78, 5) is 25.1. The number of aromatic nitrogens is 3. The van der Waals surface area contributed by atoms with Gasteiger partial charge in [0.2, 0.25) is 0 Å². The lowest BCUT2D eigenvalue weighted by atomic mass is 10.1. The van der Waals surface area contributed by atoms with Gasteiger partial charge in [-0.05, 0) is 30.7 Å². The van der Waals surface area contributed by atoms with Crippen molar-refractivity contribution in [1.29, 1.82) is 0 Å². The Labute approximate surface area is 165 Å². The molecule has 1 amide bonds. The second-order valence-corrected chi connectivity index (χ2v) is 6.56. The maximum Gasteiger partial charge on any atom is 0.291 e. The van der Waals surface area contributed by atoms with Crippen LogP contribution in [-0.2, 0) is 6.54 Å². The molecule has 0 spiro atoms. The van der Waals surface area contributed by atoms with Crippen LogP contribution in [-0.4, -0.2) is 32.6 Å². The van der Waals surface area contributed by atoms with Gasteiger partial charge in [0.25, 0.3) is 5.91 Å². The average molecular weight is 390 g/mol. The fraction of sp³-hybridized carbons (Fsp3) is 0.143. The molecule has 0 saturated carbocycles. The van der Waals surface area contributed by atoms with Gasteiger partial charge in [0.05, 0.1) is 30.4 Å². The number of amides is 1. The van der Waals surface area contributed by atoms with Gasteiger partial charge in [-0.2, -0.15) is 0 Å². The van der Waals surface area contributed by atoms with Gasteiger partial charge in [0.1, 0.15) is 11.3 Å². The topological polar surface area (TPSA) is 110 Å². The highest BCUT2D eigenvalue weighted by molar-refractivity contribution is 6.05. The van der Waals surface area contributed by atoms with E-state index in [4.69, 9.17) is 9.52 Å². The number of benzene rings is 2. The second kappa shape index (κ2) is 7.69. The lowest BCUT2D eigenvalue weighted by Crippen LogP contribution is -2.15. The maximum absolute atomic E-state index is 12.8. The maximum atomic E-state index is 12.8. The normalized spacial score (nSPS) is 11.0. The molecular formula is C21H18N4O4. The van der Waals surface area contributed by atoms with E-state index < -0.39 is 5.91 Å². The smallest absolute Gasteiger partial charge is 0.291 e. The van der Waals surface area contributed by atoms with Crippen LogP contribution in [0.2, 0.25) is 0 Å². The predicted molar refractivity (Wildman–Crippen MR) is 108 cm³/mol. The Kier molecular flexibility index (Phi) is 4.92. The second-order valence-electron chi connectivity index (χ2n) is 6.56. The van der Waals surface area contributed by atoms with Crippen molar-refractivity contribution in [3.05, 3.63) is 76.3 Å². The van der Waals surface area contributed by atoms with Crippen LogP contribution in [0.4, 0.5) is 5.69 Å². The highest BCUT2D eigenvalue weighted by Crippen LogP contribution is 2.28. The molecule has 2 aromatic heterocycles. The number of anilines is 1. The van der Waals surface area contributed by atoms with E-state index in [1.165, 1.54) is 10.7 Å². The molecule has 2 N–H and O–H groups in total. The summed E-state index contributed by atoms with van der Waals surface area (Å²) < 4.78 is 7.13. The molecule has 146 valence electrons. The largest absolute Gasteiger partial charge is 0.451 e. The number of carbonyl (C=O) groups is 1. The lowest BCUT2D eigenvalue weighted by Gasteiger charge is -2.10. The molecule has 4 rings (SSSR count). The molecule has 0 saturated heterocycles. The first-order valence-corrected chi connectivity index (χ1v) is 9.01.